The van der Waals surface area contributed by atoms with Gasteiger partial charge in [0.15, 0.2) is 5.69 Å². The molecule has 2 fully saturated rings. The lowest BCUT2D eigenvalue weighted by Crippen LogP contribution is -2.50. The zero-order valence-electron chi connectivity index (χ0n) is 30.0. The zero-order valence-corrected chi connectivity index (χ0v) is 30.0. The van der Waals surface area contributed by atoms with Crippen LogP contribution in [-0.4, -0.2) is 63.1 Å². The van der Waals surface area contributed by atoms with Crippen molar-refractivity contribution in [2.24, 2.45) is 23.2 Å². The van der Waals surface area contributed by atoms with Crippen LogP contribution in [0.1, 0.15) is 91.8 Å². The van der Waals surface area contributed by atoms with Crippen molar-refractivity contribution in [2.45, 2.75) is 110 Å². The number of aromatic nitrogens is 2. The van der Waals surface area contributed by atoms with E-state index < -0.39 is 70.3 Å². The molecule has 0 radical (unpaired) electrons. The molecule has 1 aliphatic carbocycles. The number of esters is 2. The van der Waals surface area contributed by atoms with Crippen LogP contribution in [0, 0.1) is 34.5 Å². The molecule has 50 heavy (non-hydrogen) atoms. The van der Waals surface area contributed by atoms with Gasteiger partial charge in [0.25, 0.3) is 0 Å². The topological polar surface area (TPSA) is 132 Å². The van der Waals surface area contributed by atoms with Gasteiger partial charge in [-0.05, 0) is 82.1 Å². The van der Waals surface area contributed by atoms with Gasteiger partial charge >= 0.3 is 17.9 Å². The number of carbonyl (C=O) groups excluding carboxylic acids is 3. The number of fused-ring (bicyclic) bond motifs is 1. The lowest BCUT2D eigenvalue weighted by molar-refractivity contribution is -0.167. The molecule has 12 heteroatoms. The van der Waals surface area contributed by atoms with Crippen molar-refractivity contribution in [3.63, 3.8) is 0 Å². The van der Waals surface area contributed by atoms with Gasteiger partial charge in [0.2, 0.25) is 11.8 Å². The molecule has 2 heterocycles. The SMILES string of the molecule is C=CCC[C@@H]1C[C@H]1OC(=O)C[C@H](C(=O)N1C[C@H](Oc2nc3cc(C#N)ccc3nc2C(F)(F)C=C)[C@@H](CC)[C@H]1C(=O)OC(C)(C)C)C(C)(C)C. The first kappa shape index (κ1) is 38.4. The average molecular weight is 695 g/mol. The molecule has 270 valence electrons. The molecule has 0 spiro atoms. The van der Waals surface area contributed by atoms with Gasteiger partial charge in [0, 0.05) is 5.92 Å². The summed E-state index contributed by atoms with van der Waals surface area (Å²) in [5.74, 6) is -7.13. The van der Waals surface area contributed by atoms with E-state index in [0.29, 0.717) is 12.5 Å². The monoisotopic (exact) mass is 694 g/mol. The summed E-state index contributed by atoms with van der Waals surface area (Å²) >= 11 is 0. The Morgan fingerprint density at radius 1 is 1.10 bits per heavy atom. The first-order valence-corrected chi connectivity index (χ1v) is 17.1. The summed E-state index contributed by atoms with van der Waals surface area (Å²) in [6.07, 6.45) is 3.63. The number of ether oxygens (including phenoxy) is 3. The van der Waals surface area contributed by atoms with E-state index in [2.05, 4.69) is 23.1 Å². The van der Waals surface area contributed by atoms with Crippen LogP contribution < -0.4 is 4.74 Å². The van der Waals surface area contributed by atoms with Crippen molar-refractivity contribution in [1.29, 1.82) is 5.26 Å². The van der Waals surface area contributed by atoms with Crippen LogP contribution in [0.2, 0.25) is 0 Å². The van der Waals surface area contributed by atoms with Crippen molar-refractivity contribution >= 4 is 28.9 Å². The number of halogens is 2. The van der Waals surface area contributed by atoms with E-state index >= 15 is 8.78 Å². The normalized spacial score (nSPS) is 22.7. The molecular formula is C38H48F2N4O6. The van der Waals surface area contributed by atoms with Gasteiger partial charge < -0.3 is 19.1 Å². The number of allylic oxidation sites excluding steroid dienone is 2. The van der Waals surface area contributed by atoms with Crippen LogP contribution in [0.4, 0.5) is 8.78 Å². The van der Waals surface area contributed by atoms with Crippen molar-refractivity contribution in [2.75, 3.05) is 6.54 Å². The highest BCUT2D eigenvalue weighted by Crippen LogP contribution is 2.42. The van der Waals surface area contributed by atoms with Gasteiger partial charge in [0.05, 0.1) is 41.5 Å². The third kappa shape index (κ3) is 8.84. The summed E-state index contributed by atoms with van der Waals surface area (Å²) in [5.41, 5.74) is -1.89. The number of nitriles is 1. The van der Waals surface area contributed by atoms with Gasteiger partial charge in [-0.1, -0.05) is 40.3 Å². The van der Waals surface area contributed by atoms with Crippen LogP contribution in [0.5, 0.6) is 5.88 Å². The number of amides is 1. The molecule has 4 rings (SSSR count). The van der Waals surface area contributed by atoms with Gasteiger partial charge in [-0.2, -0.15) is 14.0 Å². The molecular weight excluding hydrogens is 646 g/mol. The van der Waals surface area contributed by atoms with E-state index in [1.165, 1.54) is 23.1 Å². The molecule has 10 nitrogen and oxygen atoms in total. The van der Waals surface area contributed by atoms with Gasteiger partial charge in [-0.25, -0.2) is 14.8 Å². The molecule has 0 bridgehead atoms. The van der Waals surface area contributed by atoms with Crippen LogP contribution in [0.15, 0.2) is 43.5 Å². The Bertz CT molecular complexity index is 1670. The summed E-state index contributed by atoms with van der Waals surface area (Å²) in [7, 11) is 0. The summed E-state index contributed by atoms with van der Waals surface area (Å²) in [6.45, 7) is 19.2. The van der Waals surface area contributed by atoms with E-state index in [1.807, 2.05) is 32.9 Å². The molecule has 1 amide bonds. The maximum atomic E-state index is 15.3. The molecule has 1 saturated heterocycles. The van der Waals surface area contributed by atoms with Crippen LogP contribution in [0.25, 0.3) is 11.0 Å². The lowest BCUT2D eigenvalue weighted by Gasteiger charge is -2.35. The second kappa shape index (κ2) is 14.8. The summed E-state index contributed by atoms with van der Waals surface area (Å²) in [5, 5.41) is 9.40. The summed E-state index contributed by atoms with van der Waals surface area (Å²) in [6, 6.07) is 5.12. The van der Waals surface area contributed by atoms with Crippen LogP contribution in [-0.2, 0) is 29.8 Å². The molecule has 0 unspecified atom stereocenters. The Morgan fingerprint density at radius 3 is 2.38 bits per heavy atom. The summed E-state index contributed by atoms with van der Waals surface area (Å²) in [4.78, 5) is 51.4. The number of carbonyl (C=O) groups is 3. The minimum absolute atomic E-state index is 0.118. The van der Waals surface area contributed by atoms with E-state index in [4.69, 9.17) is 14.2 Å². The standard InChI is InChI=1S/C38H48F2N4O6/c1-10-13-14-23-18-28(23)48-30(45)19-25(36(4,5)6)34(46)44-21-29(24(11-2)31(44)35(47)50-37(7,8)9)49-33-32(38(39,40)12-3)42-26-16-15-22(20-41)17-27(26)43-33/h10,12,15-17,23-25,28-29,31H,1,3,11,13-14,18-19,21H2,2,4-9H3/t23-,24-,25-,28-,29+,31+/m1/s1. The molecule has 1 saturated carbocycles. The number of benzene rings is 1. The summed E-state index contributed by atoms with van der Waals surface area (Å²) < 4.78 is 48.3. The molecule has 2 aliphatic rings. The van der Waals surface area contributed by atoms with E-state index in [9.17, 15) is 19.6 Å². The average Bonchev–Trinajstić information content (AvgIpc) is 3.66. The number of likely N-dealkylation sites (tertiary alicyclic amines) is 1. The molecule has 1 aliphatic heterocycles. The first-order valence-electron chi connectivity index (χ1n) is 17.1. The minimum Gasteiger partial charge on any atom is -0.471 e. The van der Waals surface area contributed by atoms with E-state index in [0.717, 1.165) is 19.3 Å². The van der Waals surface area contributed by atoms with Gasteiger partial charge in [-0.15, -0.1) is 6.58 Å². The maximum Gasteiger partial charge on any atom is 0.329 e. The highest BCUT2D eigenvalue weighted by molar-refractivity contribution is 5.90. The number of rotatable bonds is 13. The second-order valence-electron chi connectivity index (χ2n) is 15.2. The van der Waals surface area contributed by atoms with Crippen molar-refractivity contribution < 1.29 is 37.4 Å². The molecule has 6 atom stereocenters. The number of nitrogens with zero attached hydrogens (tertiary/aromatic N) is 4. The highest BCUT2D eigenvalue weighted by Gasteiger charge is 2.53. The Kier molecular flexibility index (Phi) is 11.4. The van der Waals surface area contributed by atoms with Crippen LogP contribution in [0.3, 0.4) is 0 Å². The number of hydrogen-bond donors (Lipinski definition) is 0. The Labute approximate surface area is 292 Å². The third-order valence-electron chi connectivity index (χ3n) is 9.19. The van der Waals surface area contributed by atoms with Crippen LogP contribution >= 0.6 is 0 Å². The van der Waals surface area contributed by atoms with Gasteiger partial charge in [0.1, 0.15) is 23.9 Å². The van der Waals surface area contributed by atoms with E-state index in [1.54, 1.807) is 27.7 Å². The second-order valence-corrected chi connectivity index (χ2v) is 15.2. The Morgan fingerprint density at radius 2 is 1.80 bits per heavy atom. The Balaban J connectivity index is 1.71. The number of hydrogen-bond acceptors (Lipinski definition) is 9. The minimum atomic E-state index is -3.64. The predicted octanol–water partition coefficient (Wildman–Crippen LogP) is 7.06. The first-order chi connectivity index (χ1) is 23.3. The van der Waals surface area contributed by atoms with Crippen molar-refractivity contribution in [3.05, 3.63) is 54.8 Å². The third-order valence-corrected chi connectivity index (χ3v) is 9.19. The van der Waals surface area contributed by atoms with Crippen molar-refractivity contribution in [1.82, 2.24) is 14.9 Å². The fourth-order valence-electron chi connectivity index (χ4n) is 6.37. The van der Waals surface area contributed by atoms with E-state index in [-0.39, 0.29) is 41.6 Å². The maximum absolute atomic E-state index is 15.3. The van der Waals surface area contributed by atoms with Gasteiger partial charge in [-0.3, -0.25) is 9.59 Å². The number of alkyl halides is 2. The fraction of sp³-hybridized carbons (Fsp3) is 0.579. The highest BCUT2D eigenvalue weighted by atomic mass is 19.3. The van der Waals surface area contributed by atoms with Crippen molar-refractivity contribution in [3.8, 4) is 11.9 Å². The quantitative estimate of drug-likeness (QED) is 0.160. The fourth-order valence-corrected chi connectivity index (χ4v) is 6.37. The molecule has 1 aromatic carbocycles. The smallest absolute Gasteiger partial charge is 0.329 e. The molecule has 2 aromatic rings. The predicted molar refractivity (Wildman–Crippen MR) is 183 cm³/mol. The molecule has 0 N–H and O–H groups in total. The zero-order chi connectivity index (χ0) is 37.2. The largest absolute Gasteiger partial charge is 0.471 e. The lowest BCUT2D eigenvalue weighted by atomic mass is 9.77. The Hall–Kier alpha value is -4.40. The molecule has 1 aromatic heterocycles.